The van der Waals surface area contributed by atoms with E-state index in [9.17, 15) is 24.3 Å². The highest BCUT2D eigenvalue weighted by atomic mass is 19.1. The summed E-state index contributed by atoms with van der Waals surface area (Å²) < 4.78 is 22.4. The van der Waals surface area contributed by atoms with Crippen LogP contribution in [0.2, 0.25) is 0 Å². The van der Waals surface area contributed by atoms with Crippen LogP contribution in [-0.4, -0.2) is 97.3 Å². The number of halogens is 1. The molecule has 0 radical (unpaired) electrons. The van der Waals surface area contributed by atoms with Crippen LogP contribution in [0.3, 0.4) is 0 Å². The number of nitrogens with zero attached hydrogens (tertiary/aromatic N) is 6. The van der Waals surface area contributed by atoms with Crippen molar-refractivity contribution in [3.63, 3.8) is 0 Å². The molecule has 2 N–H and O–H groups in total. The number of likely N-dealkylation sites (N-methyl/N-ethyl adjacent to an activating group) is 1. The Morgan fingerprint density at radius 3 is 2.37 bits per heavy atom. The number of aliphatic carboxylic acids is 1. The Labute approximate surface area is 285 Å². The fraction of sp³-hybridized carbons (Fsp3) is 0.486. The number of hydrogen-bond donors (Lipinski definition) is 2. The number of amides is 2. The van der Waals surface area contributed by atoms with Crippen molar-refractivity contribution in [2.45, 2.75) is 65.6 Å². The predicted octanol–water partition coefficient (Wildman–Crippen LogP) is 4.27. The summed E-state index contributed by atoms with van der Waals surface area (Å²) in [5, 5.41) is 20.8. The SMILES string of the molecule is CCN1C=C(C(=O)O)C(=O)C2C=C(F)C(N3CCN(C(=O)OCc4ccc(NC(=O)[C@H](C)n5cc(C(C)(C)C(C)C)nn5)cc4)CC3)=CC21. The van der Waals surface area contributed by atoms with Gasteiger partial charge in [0, 0.05) is 56.2 Å². The Morgan fingerprint density at radius 2 is 1.76 bits per heavy atom. The van der Waals surface area contributed by atoms with Crippen LogP contribution in [0, 0.1) is 11.8 Å². The zero-order chi connectivity index (χ0) is 35.6. The van der Waals surface area contributed by atoms with Gasteiger partial charge in [-0.1, -0.05) is 45.0 Å². The first-order valence-electron chi connectivity index (χ1n) is 16.5. The van der Waals surface area contributed by atoms with E-state index in [0.717, 1.165) is 11.3 Å². The molecule has 2 unspecified atom stereocenters. The molecule has 0 bridgehead atoms. The first kappa shape index (κ1) is 35.3. The number of nitrogens with one attached hydrogen (secondary N) is 1. The Hall–Kier alpha value is -5.01. The number of aromatic nitrogens is 3. The molecule has 0 saturated carbocycles. The van der Waals surface area contributed by atoms with E-state index >= 15 is 4.39 Å². The van der Waals surface area contributed by atoms with Gasteiger partial charge in [-0.3, -0.25) is 9.59 Å². The Balaban J connectivity index is 1.10. The highest BCUT2D eigenvalue weighted by Crippen LogP contribution is 2.35. The summed E-state index contributed by atoms with van der Waals surface area (Å²) in [4.78, 5) is 55.2. The molecule has 49 heavy (non-hydrogen) atoms. The smallest absolute Gasteiger partial charge is 0.410 e. The number of fused-ring (bicyclic) bond motifs is 1. The molecular formula is C35H44FN7O6. The predicted molar refractivity (Wildman–Crippen MR) is 179 cm³/mol. The number of carbonyl (C=O) groups excluding carboxylic acids is 3. The molecule has 1 saturated heterocycles. The third kappa shape index (κ3) is 7.37. The number of rotatable bonds is 10. The molecule has 3 aliphatic rings. The number of allylic oxidation sites excluding steroid dienone is 1. The second-order valence-corrected chi connectivity index (χ2v) is 13.5. The molecule has 14 heteroatoms. The summed E-state index contributed by atoms with van der Waals surface area (Å²) in [7, 11) is 0. The van der Waals surface area contributed by atoms with Crippen molar-refractivity contribution >= 4 is 29.4 Å². The standard InChI is InChI=1S/C35H44FN7O6/c1-7-40-18-26(33(46)47)31(44)25-16-27(36)29(17-28(25)40)41-12-14-42(15-13-41)34(48)49-20-23-8-10-24(11-9-23)37-32(45)22(4)43-19-30(38-39-43)35(5,6)21(2)3/h8-11,16-19,21-22,25,28H,7,12-15,20H2,1-6H3,(H,37,45)(H,46,47)/t22-,25?,28?/m0/s1. The van der Waals surface area contributed by atoms with Gasteiger partial charge in [0.25, 0.3) is 0 Å². The van der Waals surface area contributed by atoms with E-state index < -0.39 is 41.7 Å². The number of hydrogen-bond acceptors (Lipinski definition) is 9. The second-order valence-electron chi connectivity index (χ2n) is 13.5. The van der Waals surface area contributed by atoms with E-state index in [4.69, 9.17) is 4.74 Å². The number of anilines is 1. The molecule has 5 rings (SSSR count). The zero-order valence-electron chi connectivity index (χ0n) is 28.7. The van der Waals surface area contributed by atoms with Gasteiger partial charge >= 0.3 is 12.1 Å². The third-order valence-electron chi connectivity index (χ3n) is 9.96. The van der Waals surface area contributed by atoms with Crippen LogP contribution >= 0.6 is 0 Å². The molecule has 2 aromatic rings. The minimum absolute atomic E-state index is 0.0371. The van der Waals surface area contributed by atoms with Gasteiger partial charge in [-0.2, -0.15) is 0 Å². The lowest BCUT2D eigenvalue weighted by atomic mass is 9.79. The largest absolute Gasteiger partial charge is 0.478 e. The maximum Gasteiger partial charge on any atom is 0.410 e. The van der Waals surface area contributed by atoms with Crippen LogP contribution < -0.4 is 5.32 Å². The van der Waals surface area contributed by atoms with Crippen LogP contribution in [0.25, 0.3) is 0 Å². The number of benzene rings is 1. The minimum Gasteiger partial charge on any atom is -0.478 e. The number of piperazine rings is 1. The number of ketones is 1. The fourth-order valence-corrected chi connectivity index (χ4v) is 5.91. The van der Waals surface area contributed by atoms with Crippen LogP contribution in [-0.2, 0) is 31.1 Å². The van der Waals surface area contributed by atoms with Crippen LogP contribution in [0.1, 0.15) is 58.8 Å². The van der Waals surface area contributed by atoms with Crippen LogP contribution in [0.5, 0.6) is 0 Å². The van der Waals surface area contributed by atoms with Crippen LogP contribution in [0.15, 0.2) is 65.9 Å². The van der Waals surface area contributed by atoms with Gasteiger partial charge in [-0.05, 0) is 49.6 Å². The second kappa shape index (κ2) is 14.2. The molecule has 3 atom stereocenters. The first-order valence-corrected chi connectivity index (χ1v) is 16.5. The molecule has 3 heterocycles. The fourth-order valence-electron chi connectivity index (χ4n) is 5.91. The lowest BCUT2D eigenvalue weighted by molar-refractivity contribution is -0.136. The third-order valence-corrected chi connectivity index (χ3v) is 9.96. The van der Waals surface area contributed by atoms with E-state index in [1.807, 2.05) is 18.0 Å². The summed E-state index contributed by atoms with van der Waals surface area (Å²) >= 11 is 0. The van der Waals surface area contributed by atoms with E-state index in [2.05, 4.69) is 43.3 Å². The van der Waals surface area contributed by atoms with Gasteiger partial charge in [0.2, 0.25) is 5.91 Å². The summed E-state index contributed by atoms with van der Waals surface area (Å²) in [6.45, 7) is 13.8. The van der Waals surface area contributed by atoms with Crippen molar-refractivity contribution in [3.8, 4) is 0 Å². The van der Waals surface area contributed by atoms with E-state index in [1.165, 1.54) is 12.3 Å². The number of Topliss-reactive ketones (excluding diaryl/α,β-unsaturated/α-hetero) is 1. The number of ether oxygens (including phenoxy) is 1. The summed E-state index contributed by atoms with van der Waals surface area (Å²) in [5.41, 5.74) is 1.96. The van der Waals surface area contributed by atoms with Crippen molar-refractivity contribution in [3.05, 3.63) is 77.2 Å². The molecule has 1 aromatic carbocycles. The van der Waals surface area contributed by atoms with Gasteiger partial charge in [-0.15, -0.1) is 5.10 Å². The normalized spacial score (nSPS) is 20.3. The molecule has 0 spiro atoms. The van der Waals surface area contributed by atoms with Gasteiger partial charge in [0.05, 0.1) is 23.4 Å². The first-order chi connectivity index (χ1) is 23.2. The van der Waals surface area contributed by atoms with E-state index in [-0.39, 0.29) is 23.5 Å². The monoisotopic (exact) mass is 677 g/mol. The molecule has 1 aromatic heterocycles. The Kier molecular flexibility index (Phi) is 10.2. The Bertz CT molecular complexity index is 1690. The maximum atomic E-state index is 15.3. The van der Waals surface area contributed by atoms with Crippen molar-refractivity contribution in [1.82, 2.24) is 29.7 Å². The molecule has 1 fully saturated rings. The summed E-state index contributed by atoms with van der Waals surface area (Å²) in [6, 6.07) is 5.95. The average Bonchev–Trinajstić information content (AvgIpc) is 3.59. The average molecular weight is 678 g/mol. The topological polar surface area (TPSA) is 150 Å². The maximum absolute atomic E-state index is 15.3. The molecule has 2 amide bonds. The van der Waals surface area contributed by atoms with Gasteiger partial charge < -0.3 is 29.9 Å². The lowest BCUT2D eigenvalue weighted by Gasteiger charge is -2.42. The molecular weight excluding hydrogens is 633 g/mol. The van der Waals surface area contributed by atoms with E-state index in [1.54, 1.807) is 51.7 Å². The van der Waals surface area contributed by atoms with Gasteiger partial charge in [0.15, 0.2) is 5.78 Å². The molecule has 262 valence electrons. The van der Waals surface area contributed by atoms with Crippen LogP contribution in [0.4, 0.5) is 14.9 Å². The molecule has 13 nitrogen and oxygen atoms in total. The molecule has 1 aliphatic carbocycles. The number of carbonyl (C=O) groups is 4. The van der Waals surface area contributed by atoms with Crippen molar-refractivity contribution in [1.29, 1.82) is 0 Å². The van der Waals surface area contributed by atoms with Crippen molar-refractivity contribution in [2.75, 3.05) is 38.0 Å². The lowest BCUT2D eigenvalue weighted by Crippen LogP contribution is -2.50. The highest BCUT2D eigenvalue weighted by Gasteiger charge is 2.41. The highest BCUT2D eigenvalue weighted by molar-refractivity contribution is 6.18. The zero-order valence-corrected chi connectivity index (χ0v) is 28.7. The molecule has 2 aliphatic heterocycles. The quantitative estimate of drug-likeness (QED) is 0.349. The Morgan fingerprint density at radius 1 is 1.08 bits per heavy atom. The van der Waals surface area contributed by atoms with Gasteiger partial charge in [0.1, 0.15) is 24.0 Å². The number of carboxylic acids is 1. The number of carboxylic acid groups (broad SMARTS) is 1. The summed E-state index contributed by atoms with van der Waals surface area (Å²) in [5.74, 6) is -3.33. The van der Waals surface area contributed by atoms with Crippen molar-refractivity contribution < 1.29 is 33.4 Å². The summed E-state index contributed by atoms with van der Waals surface area (Å²) in [6.07, 6.45) is 5.54. The van der Waals surface area contributed by atoms with Gasteiger partial charge in [-0.25, -0.2) is 18.7 Å². The minimum atomic E-state index is -1.33. The van der Waals surface area contributed by atoms with E-state index in [0.29, 0.717) is 50.0 Å². The van der Waals surface area contributed by atoms with Crippen molar-refractivity contribution in [2.24, 2.45) is 11.8 Å².